The fraction of sp³-hybridized carbons (Fsp3) is 0.545. The second kappa shape index (κ2) is 5.54. The molecule has 0 atom stereocenters. The summed E-state index contributed by atoms with van der Waals surface area (Å²) >= 11 is 1.51. The molecule has 1 aliphatic rings. The Bertz CT molecular complexity index is 505. The summed E-state index contributed by atoms with van der Waals surface area (Å²) in [7, 11) is 1.62. The van der Waals surface area contributed by atoms with Crippen LogP contribution in [0.4, 0.5) is 5.95 Å². The topological polar surface area (TPSA) is 70.2 Å². The average molecular weight is 280 g/mol. The van der Waals surface area contributed by atoms with Gasteiger partial charge in [-0.25, -0.2) is 4.98 Å². The number of hydrogen-bond acceptors (Lipinski definition) is 7. The molecular weight excluding hydrogens is 264 g/mol. The standard InChI is InChI=1S/C11H16N6OS/c1-18-11-15-14-9(19-11)8-16-4-6-17(7-5-16)10-12-2-3-13-10/h2-3H,4-8H2,1H3,(H,12,13). The Balaban J connectivity index is 1.52. The smallest absolute Gasteiger partial charge is 0.293 e. The number of rotatable bonds is 4. The number of hydrogen-bond donors (Lipinski definition) is 1. The molecule has 0 saturated carbocycles. The summed E-state index contributed by atoms with van der Waals surface area (Å²) in [6.45, 7) is 4.80. The highest BCUT2D eigenvalue weighted by molar-refractivity contribution is 7.13. The van der Waals surface area contributed by atoms with E-state index in [1.165, 1.54) is 11.3 Å². The number of anilines is 1. The Morgan fingerprint density at radius 1 is 1.32 bits per heavy atom. The molecule has 7 nitrogen and oxygen atoms in total. The third-order valence-corrected chi connectivity index (χ3v) is 4.01. The molecule has 102 valence electrons. The minimum atomic E-state index is 0.629. The van der Waals surface area contributed by atoms with Crippen LogP contribution in [0.25, 0.3) is 0 Å². The van der Waals surface area contributed by atoms with Gasteiger partial charge in [-0.2, -0.15) is 0 Å². The van der Waals surface area contributed by atoms with Crippen molar-refractivity contribution in [3.05, 3.63) is 17.4 Å². The minimum Gasteiger partial charge on any atom is -0.472 e. The van der Waals surface area contributed by atoms with Gasteiger partial charge in [0.1, 0.15) is 5.01 Å². The van der Waals surface area contributed by atoms with Crippen LogP contribution in [0.1, 0.15) is 5.01 Å². The van der Waals surface area contributed by atoms with Crippen LogP contribution in [0.3, 0.4) is 0 Å². The van der Waals surface area contributed by atoms with Gasteiger partial charge >= 0.3 is 0 Å². The van der Waals surface area contributed by atoms with Gasteiger partial charge < -0.3 is 14.6 Å². The molecule has 0 aliphatic carbocycles. The molecule has 1 fully saturated rings. The monoisotopic (exact) mass is 280 g/mol. The van der Waals surface area contributed by atoms with E-state index in [0.717, 1.165) is 43.7 Å². The van der Waals surface area contributed by atoms with Crippen LogP contribution in [0.5, 0.6) is 5.19 Å². The molecule has 1 aliphatic heterocycles. The lowest BCUT2D eigenvalue weighted by Gasteiger charge is -2.33. The van der Waals surface area contributed by atoms with Crippen molar-refractivity contribution in [3.63, 3.8) is 0 Å². The number of ether oxygens (including phenoxy) is 1. The Morgan fingerprint density at radius 2 is 2.16 bits per heavy atom. The number of piperazine rings is 1. The van der Waals surface area contributed by atoms with Crippen LogP contribution in [0.15, 0.2) is 12.4 Å². The normalized spacial score (nSPS) is 16.8. The molecule has 3 rings (SSSR count). The van der Waals surface area contributed by atoms with Crippen LogP contribution in [-0.2, 0) is 6.54 Å². The van der Waals surface area contributed by atoms with E-state index in [1.807, 2.05) is 6.20 Å². The molecule has 8 heteroatoms. The van der Waals surface area contributed by atoms with Crippen molar-refractivity contribution < 1.29 is 4.74 Å². The van der Waals surface area contributed by atoms with Gasteiger partial charge in [0.15, 0.2) is 0 Å². The van der Waals surface area contributed by atoms with Gasteiger partial charge in [0.2, 0.25) is 5.95 Å². The van der Waals surface area contributed by atoms with E-state index in [2.05, 4.69) is 30.0 Å². The molecular formula is C11H16N6OS. The van der Waals surface area contributed by atoms with Crippen LogP contribution in [0, 0.1) is 0 Å². The summed E-state index contributed by atoms with van der Waals surface area (Å²) in [5.41, 5.74) is 0. The maximum absolute atomic E-state index is 5.06. The molecule has 0 aromatic carbocycles. The highest BCUT2D eigenvalue weighted by Gasteiger charge is 2.19. The molecule has 3 heterocycles. The first-order valence-corrected chi connectivity index (χ1v) is 7.00. The van der Waals surface area contributed by atoms with Crippen molar-refractivity contribution in [3.8, 4) is 5.19 Å². The van der Waals surface area contributed by atoms with Crippen molar-refractivity contribution in [2.45, 2.75) is 6.54 Å². The largest absolute Gasteiger partial charge is 0.472 e. The number of methoxy groups -OCH3 is 1. The number of nitrogens with zero attached hydrogens (tertiary/aromatic N) is 5. The molecule has 2 aromatic rings. The molecule has 0 spiro atoms. The first kappa shape index (κ1) is 12.4. The zero-order chi connectivity index (χ0) is 13.1. The van der Waals surface area contributed by atoms with Gasteiger partial charge in [0.25, 0.3) is 5.19 Å². The van der Waals surface area contributed by atoms with Crippen molar-refractivity contribution in [1.82, 2.24) is 25.1 Å². The summed E-state index contributed by atoms with van der Waals surface area (Å²) in [6.07, 6.45) is 3.64. The van der Waals surface area contributed by atoms with E-state index < -0.39 is 0 Å². The number of aromatic nitrogens is 4. The summed E-state index contributed by atoms with van der Waals surface area (Å²) < 4.78 is 5.06. The number of nitrogens with one attached hydrogen (secondary N) is 1. The molecule has 0 radical (unpaired) electrons. The highest BCUT2D eigenvalue weighted by atomic mass is 32.1. The van der Waals surface area contributed by atoms with Crippen LogP contribution in [0.2, 0.25) is 0 Å². The zero-order valence-electron chi connectivity index (χ0n) is 10.7. The number of aromatic amines is 1. The van der Waals surface area contributed by atoms with Gasteiger partial charge in [-0.1, -0.05) is 11.3 Å². The average Bonchev–Trinajstić information content (AvgIpc) is 3.10. The van der Waals surface area contributed by atoms with Crippen molar-refractivity contribution in [2.75, 3.05) is 38.2 Å². The first-order chi connectivity index (χ1) is 9.35. The van der Waals surface area contributed by atoms with E-state index in [-0.39, 0.29) is 0 Å². The molecule has 19 heavy (non-hydrogen) atoms. The minimum absolute atomic E-state index is 0.629. The van der Waals surface area contributed by atoms with Crippen LogP contribution < -0.4 is 9.64 Å². The fourth-order valence-corrected chi connectivity index (χ4v) is 2.82. The summed E-state index contributed by atoms with van der Waals surface area (Å²) in [5, 5.41) is 9.70. The van der Waals surface area contributed by atoms with Gasteiger partial charge in [0, 0.05) is 38.6 Å². The molecule has 0 amide bonds. The van der Waals surface area contributed by atoms with Crippen molar-refractivity contribution in [1.29, 1.82) is 0 Å². The lowest BCUT2D eigenvalue weighted by Crippen LogP contribution is -2.46. The van der Waals surface area contributed by atoms with Gasteiger partial charge in [-0.15, -0.1) is 10.2 Å². The second-order valence-corrected chi connectivity index (χ2v) is 5.37. The molecule has 2 aromatic heterocycles. The lowest BCUT2D eigenvalue weighted by molar-refractivity contribution is 0.248. The number of H-pyrrole nitrogens is 1. The summed E-state index contributed by atoms with van der Waals surface area (Å²) in [6, 6.07) is 0. The molecule has 1 N–H and O–H groups in total. The second-order valence-electron chi connectivity index (χ2n) is 4.34. The van der Waals surface area contributed by atoms with Gasteiger partial charge in [0.05, 0.1) is 13.7 Å². The van der Waals surface area contributed by atoms with Crippen LogP contribution in [-0.4, -0.2) is 58.4 Å². The van der Waals surface area contributed by atoms with Gasteiger partial charge in [-0.05, 0) is 0 Å². The fourth-order valence-electron chi connectivity index (χ4n) is 2.12. The van der Waals surface area contributed by atoms with E-state index in [0.29, 0.717) is 5.19 Å². The summed E-state index contributed by atoms with van der Waals surface area (Å²) in [4.78, 5) is 12.1. The van der Waals surface area contributed by atoms with Gasteiger partial charge in [-0.3, -0.25) is 4.90 Å². The van der Waals surface area contributed by atoms with Crippen molar-refractivity contribution in [2.24, 2.45) is 0 Å². The quantitative estimate of drug-likeness (QED) is 0.884. The maximum Gasteiger partial charge on any atom is 0.293 e. The predicted octanol–water partition coefficient (Wildman–Crippen LogP) is 0.592. The van der Waals surface area contributed by atoms with Crippen LogP contribution >= 0.6 is 11.3 Å². The Kier molecular flexibility index (Phi) is 3.60. The highest BCUT2D eigenvalue weighted by Crippen LogP contribution is 2.19. The SMILES string of the molecule is COc1nnc(CN2CCN(c3ncc[nH]3)CC2)s1. The molecule has 0 bridgehead atoms. The number of imidazole rings is 1. The molecule has 0 unspecified atom stereocenters. The predicted molar refractivity (Wildman–Crippen MR) is 72.5 cm³/mol. The molecule has 1 saturated heterocycles. The van der Waals surface area contributed by atoms with Crippen molar-refractivity contribution >= 4 is 17.3 Å². The Labute approximate surface area is 115 Å². The van der Waals surface area contributed by atoms with E-state index in [9.17, 15) is 0 Å². The van der Waals surface area contributed by atoms with E-state index in [1.54, 1.807) is 13.3 Å². The lowest BCUT2D eigenvalue weighted by atomic mass is 10.3. The third-order valence-electron chi connectivity index (χ3n) is 3.14. The van der Waals surface area contributed by atoms with E-state index >= 15 is 0 Å². The van der Waals surface area contributed by atoms with E-state index in [4.69, 9.17) is 4.74 Å². The summed E-state index contributed by atoms with van der Waals surface area (Å²) in [5.74, 6) is 0.956. The Morgan fingerprint density at radius 3 is 2.79 bits per heavy atom. The maximum atomic E-state index is 5.06. The zero-order valence-corrected chi connectivity index (χ0v) is 11.6. The Hall–Kier alpha value is -1.67. The first-order valence-electron chi connectivity index (χ1n) is 6.18. The third kappa shape index (κ3) is 2.85.